The third kappa shape index (κ3) is 2.56. The molecule has 1 aromatic rings. The first-order valence-corrected chi connectivity index (χ1v) is 4.22. The van der Waals surface area contributed by atoms with E-state index in [0.29, 0.717) is 17.8 Å². The maximum Gasteiger partial charge on any atom is 0.306 e. The van der Waals surface area contributed by atoms with E-state index < -0.39 is 11.9 Å². The molecule has 0 radical (unpaired) electrons. The van der Waals surface area contributed by atoms with Crippen LogP contribution in [0.5, 0.6) is 0 Å². The monoisotopic (exact) mass is 190 g/mol. The van der Waals surface area contributed by atoms with Gasteiger partial charge in [-0.15, -0.1) is 0 Å². The lowest BCUT2D eigenvalue weighted by Gasteiger charge is -2.04. The number of rotatable bonds is 3. The lowest BCUT2D eigenvalue weighted by molar-refractivity contribution is -0.141. The van der Waals surface area contributed by atoms with E-state index in [1.807, 2.05) is 6.07 Å². The van der Waals surface area contributed by atoms with Crippen molar-refractivity contribution in [3.05, 3.63) is 29.6 Å². The molecule has 0 aliphatic heterocycles. The summed E-state index contributed by atoms with van der Waals surface area (Å²) >= 11 is 0. The van der Waals surface area contributed by atoms with Crippen LogP contribution in [0.15, 0.2) is 18.2 Å². The predicted octanol–water partition coefficient (Wildman–Crippen LogP) is 1.22. The van der Waals surface area contributed by atoms with Gasteiger partial charge < -0.3 is 5.11 Å². The van der Waals surface area contributed by atoms with Crippen LogP contribution in [0.3, 0.4) is 0 Å². The molecule has 14 heavy (non-hydrogen) atoms. The van der Waals surface area contributed by atoms with Gasteiger partial charge in [0.05, 0.1) is 5.92 Å². The van der Waals surface area contributed by atoms with Gasteiger partial charge in [-0.25, -0.2) is 4.98 Å². The second-order valence-corrected chi connectivity index (χ2v) is 3.07. The summed E-state index contributed by atoms with van der Waals surface area (Å²) in [6, 6.07) is 6.93. The van der Waals surface area contributed by atoms with Gasteiger partial charge in [-0.1, -0.05) is 13.0 Å². The number of pyridine rings is 1. The fourth-order valence-corrected chi connectivity index (χ4v) is 1.06. The molecule has 0 saturated carbocycles. The average Bonchev–Trinajstić information content (AvgIpc) is 2.18. The van der Waals surface area contributed by atoms with E-state index in [4.69, 9.17) is 10.4 Å². The quantitative estimate of drug-likeness (QED) is 0.777. The highest BCUT2D eigenvalue weighted by molar-refractivity contribution is 5.69. The van der Waals surface area contributed by atoms with E-state index in [2.05, 4.69) is 4.98 Å². The van der Waals surface area contributed by atoms with Crippen LogP contribution >= 0.6 is 0 Å². The zero-order valence-electron chi connectivity index (χ0n) is 7.77. The molecular weight excluding hydrogens is 180 g/mol. The second-order valence-electron chi connectivity index (χ2n) is 3.07. The van der Waals surface area contributed by atoms with Gasteiger partial charge in [0.1, 0.15) is 11.8 Å². The van der Waals surface area contributed by atoms with Crippen molar-refractivity contribution < 1.29 is 9.90 Å². The van der Waals surface area contributed by atoms with Crippen LogP contribution in [0.2, 0.25) is 0 Å². The first-order chi connectivity index (χ1) is 6.63. The minimum atomic E-state index is -0.853. The molecule has 4 heteroatoms. The van der Waals surface area contributed by atoms with Gasteiger partial charge in [0.15, 0.2) is 0 Å². The van der Waals surface area contributed by atoms with Gasteiger partial charge in [0.25, 0.3) is 0 Å². The molecule has 0 aromatic carbocycles. The first kappa shape index (κ1) is 10.2. The van der Waals surface area contributed by atoms with Crippen LogP contribution in [0.4, 0.5) is 0 Å². The van der Waals surface area contributed by atoms with Crippen molar-refractivity contribution >= 4 is 5.97 Å². The molecule has 1 atom stereocenters. The highest BCUT2D eigenvalue weighted by atomic mass is 16.4. The predicted molar refractivity (Wildman–Crippen MR) is 49.5 cm³/mol. The van der Waals surface area contributed by atoms with Gasteiger partial charge >= 0.3 is 5.97 Å². The summed E-state index contributed by atoms with van der Waals surface area (Å²) in [6.07, 6.45) is 0.352. The summed E-state index contributed by atoms with van der Waals surface area (Å²) in [4.78, 5) is 14.6. The first-order valence-electron chi connectivity index (χ1n) is 4.22. The minimum Gasteiger partial charge on any atom is -0.481 e. The molecule has 0 fully saturated rings. The Hall–Kier alpha value is -1.89. The number of aliphatic carboxylic acids is 1. The Morgan fingerprint density at radius 3 is 3.00 bits per heavy atom. The van der Waals surface area contributed by atoms with Crippen molar-refractivity contribution in [3.8, 4) is 6.07 Å². The Morgan fingerprint density at radius 2 is 2.43 bits per heavy atom. The summed E-state index contributed by atoms with van der Waals surface area (Å²) in [5.41, 5.74) is 0.957. The normalized spacial score (nSPS) is 11.7. The molecule has 72 valence electrons. The highest BCUT2D eigenvalue weighted by Gasteiger charge is 2.12. The van der Waals surface area contributed by atoms with Crippen molar-refractivity contribution in [1.82, 2.24) is 4.98 Å². The van der Waals surface area contributed by atoms with Gasteiger partial charge in [-0.05, 0) is 12.1 Å². The molecule has 1 unspecified atom stereocenters. The zero-order chi connectivity index (χ0) is 10.6. The Labute approximate surface area is 81.8 Å². The average molecular weight is 190 g/mol. The molecule has 1 heterocycles. The molecule has 1 N–H and O–H groups in total. The Kier molecular flexibility index (Phi) is 3.19. The molecule has 1 aromatic heterocycles. The van der Waals surface area contributed by atoms with Gasteiger partial charge in [0, 0.05) is 12.1 Å². The van der Waals surface area contributed by atoms with E-state index in [1.54, 1.807) is 25.1 Å². The molecule has 0 bridgehead atoms. The number of carboxylic acid groups (broad SMARTS) is 1. The molecule has 0 amide bonds. The van der Waals surface area contributed by atoms with Crippen LogP contribution in [0.1, 0.15) is 18.3 Å². The summed E-state index contributed by atoms with van der Waals surface area (Å²) in [5.74, 6) is -1.33. The fraction of sp³-hybridized carbons (Fsp3) is 0.300. The second kappa shape index (κ2) is 4.38. The largest absolute Gasteiger partial charge is 0.481 e. The van der Waals surface area contributed by atoms with E-state index in [0.717, 1.165) is 0 Å². The standard InChI is InChI=1S/C10H10N2O2/c1-7(10(13)14)5-8-3-2-4-9(6-11)12-8/h2-4,7H,5H2,1H3,(H,13,14). The number of nitriles is 1. The SMILES string of the molecule is CC(Cc1cccc(C#N)n1)C(=O)O. The van der Waals surface area contributed by atoms with Crippen molar-refractivity contribution in [1.29, 1.82) is 5.26 Å². The highest BCUT2D eigenvalue weighted by Crippen LogP contribution is 2.06. The van der Waals surface area contributed by atoms with E-state index in [9.17, 15) is 4.79 Å². The summed E-state index contributed by atoms with van der Waals surface area (Å²) < 4.78 is 0. The lowest BCUT2D eigenvalue weighted by Crippen LogP contribution is -2.13. The maximum absolute atomic E-state index is 10.6. The Morgan fingerprint density at radius 1 is 1.71 bits per heavy atom. The van der Waals surface area contributed by atoms with E-state index in [-0.39, 0.29) is 0 Å². The van der Waals surface area contributed by atoms with Crippen molar-refractivity contribution in [2.75, 3.05) is 0 Å². The van der Waals surface area contributed by atoms with E-state index in [1.165, 1.54) is 0 Å². The van der Waals surface area contributed by atoms with Crippen LogP contribution in [0.25, 0.3) is 0 Å². The number of hydrogen-bond acceptors (Lipinski definition) is 3. The fourth-order valence-electron chi connectivity index (χ4n) is 1.06. The van der Waals surface area contributed by atoms with Gasteiger partial charge in [0.2, 0.25) is 0 Å². The maximum atomic E-state index is 10.6. The summed E-state index contributed by atoms with van der Waals surface area (Å²) in [5, 5.41) is 17.3. The third-order valence-corrected chi connectivity index (χ3v) is 1.86. The molecule has 0 aliphatic rings. The van der Waals surface area contributed by atoms with Gasteiger partial charge in [-0.3, -0.25) is 4.79 Å². The zero-order valence-corrected chi connectivity index (χ0v) is 7.77. The van der Waals surface area contributed by atoms with Crippen LogP contribution in [0, 0.1) is 17.2 Å². The number of carbonyl (C=O) groups is 1. The number of nitrogens with zero attached hydrogens (tertiary/aromatic N) is 2. The van der Waals surface area contributed by atoms with Crippen molar-refractivity contribution in [2.24, 2.45) is 5.92 Å². The smallest absolute Gasteiger partial charge is 0.306 e. The Balaban J connectivity index is 2.78. The summed E-state index contributed by atoms with van der Waals surface area (Å²) in [7, 11) is 0. The molecule has 0 spiro atoms. The van der Waals surface area contributed by atoms with Crippen molar-refractivity contribution in [2.45, 2.75) is 13.3 Å². The topological polar surface area (TPSA) is 74.0 Å². The number of carboxylic acids is 1. The molecular formula is C10H10N2O2. The van der Waals surface area contributed by atoms with Crippen LogP contribution in [-0.2, 0) is 11.2 Å². The molecule has 0 saturated heterocycles. The minimum absolute atomic E-state index is 0.320. The lowest BCUT2D eigenvalue weighted by atomic mass is 10.1. The van der Waals surface area contributed by atoms with E-state index >= 15 is 0 Å². The van der Waals surface area contributed by atoms with Crippen LogP contribution in [-0.4, -0.2) is 16.1 Å². The Bertz CT molecular complexity index is 382. The molecule has 4 nitrogen and oxygen atoms in total. The molecule has 0 aliphatic carbocycles. The molecule has 1 rings (SSSR count). The number of aromatic nitrogens is 1. The number of hydrogen-bond donors (Lipinski definition) is 1. The summed E-state index contributed by atoms with van der Waals surface area (Å²) in [6.45, 7) is 1.61. The van der Waals surface area contributed by atoms with Gasteiger partial charge in [-0.2, -0.15) is 5.26 Å². The van der Waals surface area contributed by atoms with Crippen LogP contribution < -0.4 is 0 Å². The van der Waals surface area contributed by atoms with Crippen molar-refractivity contribution in [3.63, 3.8) is 0 Å². The third-order valence-electron chi connectivity index (χ3n) is 1.86.